The Kier molecular flexibility index (Phi) is 4.18. The van der Waals surface area contributed by atoms with Gasteiger partial charge in [-0.15, -0.1) is 0 Å². The third kappa shape index (κ3) is 3.79. The summed E-state index contributed by atoms with van der Waals surface area (Å²) in [6.45, 7) is 8.99. The minimum atomic E-state index is -1.42. The van der Waals surface area contributed by atoms with E-state index in [4.69, 9.17) is 5.73 Å². The van der Waals surface area contributed by atoms with Crippen molar-refractivity contribution in [3.8, 4) is 0 Å². The van der Waals surface area contributed by atoms with E-state index >= 15 is 0 Å². The Morgan fingerprint density at radius 1 is 1.35 bits per heavy atom. The molecule has 0 unspecified atom stereocenters. The van der Waals surface area contributed by atoms with Crippen molar-refractivity contribution in [2.75, 3.05) is 0 Å². The van der Waals surface area contributed by atoms with Crippen molar-refractivity contribution >= 4 is 11.4 Å². The molecule has 3 heteroatoms. The average Bonchev–Trinajstić information content (AvgIpc) is 2.27. The van der Waals surface area contributed by atoms with Crippen LogP contribution in [0.15, 0.2) is 35.8 Å². The molecule has 1 rings (SSSR count). The molecule has 2 N–H and O–H groups in total. The highest BCUT2D eigenvalue weighted by Gasteiger charge is 2.19. The van der Waals surface area contributed by atoms with Gasteiger partial charge in [0.1, 0.15) is 5.67 Å². The van der Waals surface area contributed by atoms with Gasteiger partial charge in [0, 0.05) is 6.54 Å². The SMILES string of the molecule is C=C(/N=C(\C)C(C)(C)F)c1ccc(CN)cc1. The van der Waals surface area contributed by atoms with Crippen LogP contribution in [0.4, 0.5) is 4.39 Å². The van der Waals surface area contributed by atoms with Gasteiger partial charge in [-0.1, -0.05) is 30.8 Å². The Morgan fingerprint density at radius 3 is 2.29 bits per heavy atom. The lowest BCUT2D eigenvalue weighted by molar-refractivity contribution is 0.312. The van der Waals surface area contributed by atoms with E-state index in [0.717, 1.165) is 11.1 Å². The van der Waals surface area contributed by atoms with Crippen LogP contribution in [-0.2, 0) is 6.54 Å². The van der Waals surface area contributed by atoms with E-state index in [2.05, 4.69) is 11.6 Å². The molecule has 0 heterocycles. The van der Waals surface area contributed by atoms with E-state index < -0.39 is 5.67 Å². The van der Waals surface area contributed by atoms with Crippen molar-refractivity contribution < 1.29 is 4.39 Å². The van der Waals surface area contributed by atoms with Crippen LogP contribution < -0.4 is 5.73 Å². The zero-order valence-electron chi connectivity index (χ0n) is 10.6. The number of halogens is 1. The molecule has 1 aromatic rings. The molecule has 0 radical (unpaired) electrons. The molecule has 0 saturated carbocycles. The maximum atomic E-state index is 13.6. The first-order chi connectivity index (χ1) is 7.84. The molecule has 0 amide bonds. The van der Waals surface area contributed by atoms with Crippen LogP contribution in [0.1, 0.15) is 31.9 Å². The standard InChI is InChI=1S/C14H19FN2/c1-10(17-11(2)14(3,4)15)13-7-5-12(9-16)6-8-13/h5-8H,1,9,16H2,2-4H3/b17-11+. The van der Waals surface area contributed by atoms with E-state index in [1.54, 1.807) is 6.92 Å². The summed E-state index contributed by atoms with van der Waals surface area (Å²) in [6.07, 6.45) is 0. The molecule has 17 heavy (non-hydrogen) atoms. The fourth-order valence-electron chi connectivity index (χ4n) is 1.23. The Bertz CT molecular complexity index is 425. The van der Waals surface area contributed by atoms with E-state index in [0.29, 0.717) is 18.0 Å². The zero-order valence-corrected chi connectivity index (χ0v) is 10.6. The van der Waals surface area contributed by atoms with Gasteiger partial charge in [0.25, 0.3) is 0 Å². The lowest BCUT2D eigenvalue weighted by Crippen LogP contribution is -2.22. The van der Waals surface area contributed by atoms with Gasteiger partial charge in [0.2, 0.25) is 0 Å². The Morgan fingerprint density at radius 2 is 1.88 bits per heavy atom. The summed E-state index contributed by atoms with van der Waals surface area (Å²) in [5.41, 5.74) is 7.02. The van der Waals surface area contributed by atoms with Crippen molar-refractivity contribution in [2.24, 2.45) is 10.7 Å². The third-order valence-corrected chi connectivity index (χ3v) is 2.69. The van der Waals surface area contributed by atoms with E-state index in [9.17, 15) is 4.39 Å². The van der Waals surface area contributed by atoms with E-state index in [1.165, 1.54) is 13.8 Å². The summed E-state index contributed by atoms with van der Waals surface area (Å²) < 4.78 is 13.6. The Labute approximate surface area is 102 Å². The lowest BCUT2D eigenvalue weighted by atomic mass is 10.1. The molecule has 0 atom stereocenters. The predicted octanol–water partition coefficient (Wildman–Crippen LogP) is 3.33. The van der Waals surface area contributed by atoms with Gasteiger partial charge in [-0.2, -0.15) is 0 Å². The van der Waals surface area contributed by atoms with Crippen molar-refractivity contribution in [1.29, 1.82) is 0 Å². The number of benzene rings is 1. The van der Waals surface area contributed by atoms with E-state index in [-0.39, 0.29) is 0 Å². The fraction of sp³-hybridized carbons (Fsp3) is 0.357. The quantitative estimate of drug-likeness (QED) is 0.797. The first-order valence-electron chi connectivity index (χ1n) is 5.57. The van der Waals surface area contributed by atoms with Crippen LogP contribution in [-0.4, -0.2) is 11.4 Å². The molecule has 0 aliphatic heterocycles. The monoisotopic (exact) mass is 234 g/mol. The molecule has 0 spiro atoms. The number of hydrogen-bond acceptors (Lipinski definition) is 2. The highest BCUT2D eigenvalue weighted by Crippen LogP contribution is 2.18. The third-order valence-electron chi connectivity index (χ3n) is 2.69. The van der Waals surface area contributed by atoms with Crippen molar-refractivity contribution in [3.05, 3.63) is 42.0 Å². The molecule has 92 valence electrons. The Hall–Kier alpha value is -1.48. The lowest BCUT2D eigenvalue weighted by Gasteiger charge is -2.14. The second-order valence-electron chi connectivity index (χ2n) is 4.52. The summed E-state index contributed by atoms with van der Waals surface area (Å²) in [5.74, 6) is 0. The first-order valence-corrected chi connectivity index (χ1v) is 5.57. The summed E-state index contributed by atoms with van der Waals surface area (Å²) in [6, 6.07) is 7.64. The highest BCUT2D eigenvalue weighted by molar-refractivity contribution is 5.93. The molecule has 0 saturated heterocycles. The molecule has 0 fully saturated rings. The number of alkyl halides is 1. The Balaban J connectivity index is 2.90. The van der Waals surface area contributed by atoms with Crippen LogP contribution in [0.5, 0.6) is 0 Å². The summed E-state index contributed by atoms with van der Waals surface area (Å²) in [7, 11) is 0. The molecule has 0 aromatic heterocycles. The van der Waals surface area contributed by atoms with Crippen LogP contribution in [0, 0.1) is 0 Å². The van der Waals surface area contributed by atoms with Crippen LogP contribution >= 0.6 is 0 Å². The van der Waals surface area contributed by atoms with Crippen LogP contribution in [0.3, 0.4) is 0 Å². The zero-order chi connectivity index (χ0) is 13.1. The molecule has 1 aromatic carbocycles. The number of nitrogens with two attached hydrogens (primary N) is 1. The van der Waals surface area contributed by atoms with Gasteiger partial charge >= 0.3 is 0 Å². The molecule has 0 aliphatic carbocycles. The number of aliphatic imine (C=N–C) groups is 1. The smallest absolute Gasteiger partial charge is 0.143 e. The predicted molar refractivity (Wildman–Crippen MR) is 71.7 cm³/mol. The van der Waals surface area contributed by atoms with Crippen LogP contribution in [0.25, 0.3) is 5.70 Å². The van der Waals surface area contributed by atoms with E-state index in [1.807, 2.05) is 24.3 Å². The van der Waals surface area contributed by atoms with Gasteiger partial charge < -0.3 is 5.73 Å². The number of rotatable bonds is 4. The largest absolute Gasteiger partial charge is 0.326 e. The van der Waals surface area contributed by atoms with Crippen molar-refractivity contribution in [2.45, 2.75) is 33.0 Å². The molecular formula is C14H19FN2. The van der Waals surface area contributed by atoms with Gasteiger partial charge in [-0.05, 0) is 31.9 Å². The molecule has 0 bridgehead atoms. The van der Waals surface area contributed by atoms with Crippen molar-refractivity contribution in [1.82, 2.24) is 0 Å². The maximum Gasteiger partial charge on any atom is 0.143 e. The van der Waals surface area contributed by atoms with Crippen LogP contribution in [0.2, 0.25) is 0 Å². The summed E-state index contributed by atoms with van der Waals surface area (Å²) in [4.78, 5) is 4.19. The first kappa shape index (κ1) is 13.6. The van der Waals surface area contributed by atoms with Gasteiger partial charge in [0.15, 0.2) is 0 Å². The normalized spacial score (nSPS) is 12.6. The minimum absolute atomic E-state index is 0.422. The number of hydrogen-bond donors (Lipinski definition) is 1. The molecular weight excluding hydrogens is 215 g/mol. The van der Waals surface area contributed by atoms with Gasteiger partial charge in [-0.3, -0.25) is 4.99 Å². The van der Waals surface area contributed by atoms with Gasteiger partial charge in [-0.25, -0.2) is 4.39 Å². The highest BCUT2D eigenvalue weighted by atomic mass is 19.1. The topological polar surface area (TPSA) is 38.4 Å². The number of nitrogens with zero attached hydrogens (tertiary/aromatic N) is 1. The second-order valence-corrected chi connectivity index (χ2v) is 4.52. The summed E-state index contributed by atoms with van der Waals surface area (Å²) in [5, 5.41) is 0. The minimum Gasteiger partial charge on any atom is -0.326 e. The maximum absolute atomic E-state index is 13.6. The second kappa shape index (κ2) is 5.23. The van der Waals surface area contributed by atoms with Gasteiger partial charge in [0.05, 0.1) is 11.4 Å². The molecule has 2 nitrogen and oxygen atoms in total. The van der Waals surface area contributed by atoms with Crippen molar-refractivity contribution in [3.63, 3.8) is 0 Å². The fourth-order valence-corrected chi connectivity index (χ4v) is 1.23. The average molecular weight is 234 g/mol. The molecule has 0 aliphatic rings. The summed E-state index contributed by atoms with van der Waals surface area (Å²) >= 11 is 0.